The standard InChI is InChI=1S/C22H29N3O5S3/c1-3-24-11-9-16-17(14-24)32-21(19(16)22(27)30-4-2)23-20(26)15-7-5-10-25(13-15)33(28,29)18-8-6-12-31-18/h6,8,12,15H,3-5,7,9-11,13-14H2,1-2H3,(H,23,26). The fraction of sp³-hybridized carbons (Fsp3) is 0.545. The van der Waals surface area contributed by atoms with E-state index >= 15 is 0 Å². The topological polar surface area (TPSA) is 96.0 Å². The van der Waals surface area contributed by atoms with E-state index in [1.807, 2.05) is 0 Å². The van der Waals surface area contributed by atoms with E-state index in [4.69, 9.17) is 4.74 Å². The summed E-state index contributed by atoms with van der Waals surface area (Å²) in [5, 5.41) is 5.20. The third-order valence-corrected chi connectivity index (χ3v) is 10.5. The fourth-order valence-corrected chi connectivity index (χ4v) is 8.31. The summed E-state index contributed by atoms with van der Waals surface area (Å²) in [6, 6.07) is 3.30. The molecule has 2 aromatic rings. The average Bonchev–Trinajstić information content (AvgIpc) is 3.47. The Morgan fingerprint density at radius 2 is 2.09 bits per heavy atom. The van der Waals surface area contributed by atoms with Gasteiger partial charge >= 0.3 is 5.97 Å². The van der Waals surface area contributed by atoms with Crippen molar-refractivity contribution in [1.29, 1.82) is 0 Å². The molecule has 33 heavy (non-hydrogen) atoms. The van der Waals surface area contributed by atoms with Crippen LogP contribution in [0, 0.1) is 5.92 Å². The number of hydrogen-bond donors (Lipinski definition) is 1. The Balaban J connectivity index is 1.54. The first-order chi connectivity index (χ1) is 15.8. The molecule has 2 aliphatic rings. The molecule has 2 aliphatic heterocycles. The fourth-order valence-electron chi connectivity index (χ4n) is 4.36. The van der Waals surface area contributed by atoms with E-state index in [0.717, 1.165) is 36.5 Å². The van der Waals surface area contributed by atoms with Crippen molar-refractivity contribution in [2.75, 3.05) is 38.1 Å². The molecule has 1 atom stereocenters. The molecule has 0 radical (unpaired) electrons. The number of thiophene rings is 2. The normalized spacial score (nSPS) is 19.8. The number of fused-ring (bicyclic) bond motifs is 1. The molecule has 0 aliphatic carbocycles. The van der Waals surface area contributed by atoms with Crippen molar-refractivity contribution < 1.29 is 22.7 Å². The van der Waals surface area contributed by atoms with Gasteiger partial charge in [0.05, 0.1) is 18.1 Å². The van der Waals surface area contributed by atoms with Gasteiger partial charge in [0, 0.05) is 31.1 Å². The predicted octanol–water partition coefficient (Wildman–Crippen LogP) is 3.40. The lowest BCUT2D eigenvalue weighted by Gasteiger charge is -2.30. The lowest BCUT2D eigenvalue weighted by Crippen LogP contribution is -2.43. The lowest BCUT2D eigenvalue weighted by molar-refractivity contribution is -0.120. The van der Waals surface area contributed by atoms with Gasteiger partial charge in [-0.05, 0) is 49.7 Å². The van der Waals surface area contributed by atoms with Gasteiger partial charge in [-0.2, -0.15) is 4.31 Å². The van der Waals surface area contributed by atoms with Crippen molar-refractivity contribution in [3.63, 3.8) is 0 Å². The average molecular weight is 512 g/mol. The minimum Gasteiger partial charge on any atom is -0.462 e. The van der Waals surface area contributed by atoms with E-state index in [1.54, 1.807) is 24.4 Å². The van der Waals surface area contributed by atoms with Gasteiger partial charge in [0.2, 0.25) is 5.91 Å². The van der Waals surface area contributed by atoms with Gasteiger partial charge in [-0.3, -0.25) is 9.69 Å². The van der Waals surface area contributed by atoms with E-state index in [-0.39, 0.29) is 19.1 Å². The highest BCUT2D eigenvalue weighted by molar-refractivity contribution is 7.91. The first kappa shape index (κ1) is 24.3. The number of likely N-dealkylation sites (N-methyl/N-ethyl adjacent to an activating group) is 1. The van der Waals surface area contributed by atoms with Gasteiger partial charge < -0.3 is 10.1 Å². The predicted molar refractivity (Wildman–Crippen MR) is 129 cm³/mol. The van der Waals surface area contributed by atoms with Crippen LogP contribution in [0.15, 0.2) is 21.7 Å². The number of nitrogens with zero attached hydrogens (tertiary/aromatic N) is 2. The number of carbonyl (C=O) groups excluding carboxylic acids is 2. The van der Waals surface area contributed by atoms with Crippen molar-refractivity contribution in [1.82, 2.24) is 9.21 Å². The van der Waals surface area contributed by atoms with Crippen LogP contribution in [0.2, 0.25) is 0 Å². The Hall–Kier alpha value is -1.79. The molecule has 4 heterocycles. The summed E-state index contributed by atoms with van der Waals surface area (Å²) in [5.74, 6) is -1.15. The van der Waals surface area contributed by atoms with E-state index < -0.39 is 21.9 Å². The maximum Gasteiger partial charge on any atom is 0.341 e. The highest BCUT2D eigenvalue weighted by atomic mass is 32.2. The number of anilines is 1. The van der Waals surface area contributed by atoms with Crippen molar-refractivity contribution in [3.05, 3.63) is 33.5 Å². The molecule has 1 saturated heterocycles. The SMILES string of the molecule is CCOC(=O)c1c(NC(=O)C2CCCN(S(=O)(=O)c3cccs3)C2)sc2c1CCN(CC)C2. The second-order valence-corrected chi connectivity index (χ2v) is 12.4. The van der Waals surface area contributed by atoms with Crippen LogP contribution in [0.1, 0.15) is 47.5 Å². The summed E-state index contributed by atoms with van der Waals surface area (Å²) < 4.78 is 32.8. The number of hydrogen-bond acceptors (Lipinski definition) is 8. The van der Waals surface area contributed by atoms with Gasteiger partial charge in [0.1, 0.15) is 9.21 Å². The highest BCUT2D eigenvalue weighted by Crippen LogP contribution is 2.38. The van der Waals surface area contributed by atoms with Crippen LogP contribution < -0.4 is 5.32 Å². The van der Waals surface area contributed by atoms with Gasteiger partial charge in [-0.1, -0.05) is 13.0 Å². The van der Waals surface area contributed by atoms with Crippen LogP contribution in [-0.4, -0.2) is 62.3 Å². The third-order valence-electron chi connectivity index (χ3n) is 6.14. The Morgan fingerprint density at radius 1 is 1.27 bits per heavy atom. The number of nitrogens with one attached hydrogen (secondary N) is 1. The zero-order valence-corrected chi connectivity index (χ0v) is 21.3. The molecule has 1 unspecified atom stereocenters. The van der Waals surface area contributed by atoms with Crippen LogP contribution in [-0.2, 0) is 32.5 Å². The third kappa shape index (κ3) is 5.02. The van der Waals surface area contributed by atoms with Gasteiger partial charge in [-0.15, -0.1) is 22.7 Å². The molecule has 1 N–H and O–H groups in total. The monoisotopic (exact) mass is 511 g/mol. The summed E-state index contributed by atoms with van der Waals surface area (Å²) in [4.78, 5) is 29.3. The maximum atomic E-state index is 13.2. The van der Waals surface area contributed by atoms with Gasteiger partial charge in [0.25, 0.3) is 10.0 Å². The van der Waals surface area contributed by atoms with E-state index in [0.29, 0.717) is 34.2 Å². The smallest absolute Gasteiger partial charge is 0.341 e. The Bertz CT molecular complexity index is 1110. The van der Waals surface area contributed by atoms with Crippen molar-refractivity contribution >= 4 is 49.6 Å². The molecule has 0 aromatic carbocycles. The molecule has 0 spiro atoms. The summed E-state index contributed by atoms with van der Waals surface area (Å²) in [6.07, 6.45) is 1.95. The maximum absolute atomic E-state index is 13.2. The van der Waals surface area contributed by atoms with Crippen LogP contribution in [0.5, 0.6) is 0 Å². The molecule has 4 rings (SSSR count). The zero-order chi connectivity index (χ0) is 23.6. The molecular formula is C22H29N3O5S3. The molecule has 0 saturated carbocycles. The Morgan fingerprint density at radius 3 is 2.79 bits per heavy atom. The first-order valence-electron chi connectivity index (χ1n) is 11.2. The summed E-state index contributed by atoms with van der Waals surface area (Å²) in [7, 11) is -3.60. The quantitative estimate of drug-likeness (QED) is 0.573. The molecule has 11 heteroatoms. The number of sulfonamides is 1. The summed E-state index contributed by atoms with van der Waals surface area (Å²) in [5.41, 5.74) is 1.42. The van der Waals surface area contributed by atoms with E-state index in [1.165, 1.54) is 27.0 Å². The minimum atomic E-state index is -3.60. The molecule has 180 valence electrons. The van der Waals surface area contributed by atoms with Gasteiger partial charge in [-0.25, -0.2) is 13.2 Å². The van der Waals surface area contributed by atoms with Gasteiger partial charge in [0.15, 0.2) is 0 Å². The number of esters is 1. The van der Waals surface area contributed by atoms with Crippen molar-refractivity contribution in [3.8, 4) is 0 Å². The number of rotatable bonds is 7. The molecule has 8 nitrogen and oxygen atoms in total. The van der Waals surface area contributed by atoms with Crippen LogP contribution in [0.3, 0.4) is 0 Å². The van der Waals surface area contributed by atoms with Crippen molar-refractivity contribution in [2.24, 2.45) is 5.92 Å². The summed E-state index contributed by atoms with van der Waals surface area (Å²) >= 11 is 2.61. The van der Waals surface area contributed by atoms with E-state index in [9.17, 15) is 18.0 Å². The number of carbonyl (C=O) groups is 2. The molecular weight excluding hydrogens is 482 g/mol. The van der Waals surface area contributed by atoms with E-state index in [2.05, 4.69) is 17.1 Å². The molecule has 0 bridgehead atoms. The van der Waals surface area contributed by atoms with Crippen LogP contribution >= 0.6 is 22.7 Å². The lowest BCUT2D eigenvalue weighted by atomic mass is 9.98. The number of piperidine rings is 1. The highest BCUT2D eigenvalue weighted by Gasteiger charge is 2.35. The number of ether oxygens (including phenoxy) is 1. The minimum absolute atomic E-state index is 0.134. The van der Waals surface area contributed by atoms with Crippen LogP contribution in [0.25, 0.3) is 0 Å². The Labute approximate surface area is 202 Å². The second kappa shape index (κ2) is 10.2. The molecule has 1 fully saturated rings. The van der Waals surface area contributed by atoms with Crippen LogP contribution in [0.4, 0.5) is 5.00 Å². The largest absolute Gasteiger partial charge is 0.462 e. The molecule has 2 aromatic heterocycles. The molecule has 1 amide bonds. The second-order valence-electron chi connectivity index (χ2n) is 8.17. The van der Waals surface area contributed by atoms with Crippen molar-refractivity contribution in [2.45, 2.75) is 43.9 Å². The number of amides is 1. The zero-order valence-electron chi connectivity index (χ0n) is 18.8. The first-order valence-corrected chi connectivity index (χ1v) is 14.4. The summed E-state index contributed by atoms with van der Waals surface area (Å²) in [6.45, 7) is 7.19. The Kier molecular flexibility index (Phi) is 7.54.